The quantitative estimate of drug-likeness (QED) is 0.879. The van der Waals surface area contributed by atoms with Crippen molar-refractivity contribution in [3.05, 3.63) is 24.3 Å². The molecule has 6 nitrogen and oxygen atoms in total. The van der Waals surface area contributed by atoms with Crippen molar-refractivity contribution < 1.29 is 8.94 Å². The van der Waals surface area contributed by atoms with Crippen molar-refractivity contribution in [3.8, 4) is 11.6 Å². The second-order valence-electron chi connectivity index (χ2n) is 5.51. The van der Waals surface area contributed by atoms with Crippen molar-refractivity contribution in [2.45, 2.75) is 26.3 Å². The summed E-state index contributed by atoms with van der Waals surface area (Å²) in [6.07, 6.45) is 4.11. The molecule has 0 amide bonds. The maximum Gasteiger partial charge on any atom is 0.241 e. The molecule has 0 unspecified atom stereocenters. The van der Waals surface area contributed by atoms with Crippen LogP contribution >= 0.6 is 0 Å². The number of nitrogens with zero attached hydrogens (tertiary/aromatic N) is 3. The number of piperidine rings is 1. The van der Waals surface area contributed by atoms with E-state index in [2.05, 4.69) is 27.3 Å². The monoisotopic (exact) mass is 290 g/mol. The van der Waals surface area contributed by atoms with Crippen molar-refractivity contribution in [1.29, 1.82) is 0 Å². The fourth-order valence-electron chi connectivity index (χ4n) is 2.75. The van der Waals surface area contributed by atoms with E-state index in [9.17, 15) is 0 Å². The van der Waals surface area contributed by atoms with Crippen LogP contribution in [0.25, 0.3) is 11.6 Å². The largest absolute Gasteiger partial charge is 0.461 e. The maximum absolute atomic E-state index is 5.33. The van der Waals surface area contributed by atoms with Gasteiger partial charge in [0, 0.05) is 6.54 Å². The van der Waals surface area contributed by atoms with E-state index >= 15 is 0 Å². The van der Waals surface area contributed by atoms with Crippen LogP contribution in [-0.4, -0.2) is 41.2 Å². The van der Waals surface area contributed by atoms with E-state index in [1.54, 1.807) is 6.26 Å². The molecule has 0 atom stereocenters. The number of hydrogen-bond acceptors (Lipinski definition) is 6. The first-order valence-corrected chi connectivity index (χ1v) is 7.64. The van der Waals surface area contributed by atoms with Crippen molar-refractivity contribution in [3.63, 3.8) is 0 Å². The highest BCUT2D eigenvalue weighted by Crippen LogP contribution is 2.18. The molecule has 0 radical (unpaired) electrons. The lowest BCUT2D eigenvalue weighted by Crippen LogP contribution is -2.36. The molecule has 3 heterocycles. The Kier molecular flexibility index (Phi) is 4.67. The Hall–Kier alpha value is -1.66. The second kappa shape index (κ2) is 6.87. The molecule has 0 saturated carbocycles. The van der Waals surface area contributed by atoms with Gasteiger partial charge >= 0.3 is 0 Å². The van der Waals surface area contributed by atoms with Gasteiger partial charge in [-0.15, -0.1) is 0 Å². The van der Waals surface area contributed by atoms with Gasteiger partial charge in [-0.1, -0.05) is 12.1 Å². The molecule has 1 fully saturated rings. The average Bonchev–Trinajstić information content (AvgIpc) is 3.18. The molecule has 1 N–H and O–H groups in total. The Morgan fingerprint density at radius 1 is 1.38 bits per heavy atom. The minimum absolute atomic E-state index is 0.521. The third kappa shape index (κ3) is 3.71. The zero-order valence-electron chi connectivity index (χ0n) is 12.4. The lowest BCUT2D eigenvalue weighted by molar-refractivity contribution is 0.185. The maximum atomic E-state index is 5.33. The number of hydrogen-bond donors (Lipinski definition) is 1. The van der Waals surface area contributed by atoms with Crippen molar-refractivity contribution in [2.75, 3.05) is 26.2 Å². The van der Waals surface area contributed by atoms with Crippen molar-refractivity contribution >= 4 is 0 Å². The minimum atomic E-state index is 0.521. The standard InChI is InChI=1S/C15H22N4O2/c1-2-19(10-12-5-7-16-8-6-12)11-14-17-15(18-21-14)13-4-3-9-20-13/h3-4,9,12,16H,2,5-8,10-11H2,1H3. The molecule has 0 aromatic carbocycles. The number of nitrogens with one attached hydrogen (secondary N) is 1. The van der Waals surface area contributed by atoms with Crippen LogP contribution in [-0.2, 0) is 6.54 Å². The van der Waals surface area contributed by atoms with Gasteiger partial charge in [-0.2, -0.15) is 4.98 Å². The lowest BCUT2D eigenvalue weighted by atomic mass is 9.97. The van der Waals surface area contributed by atoms with E-state index in [1.807, 2.05) is 12.1 Å². The van der Waals surface area contributed by atoms with Crippen LogP contribution in [0.2, 0.25) is 0 Å². The first-order valence-electron chi connectivity index (χ1n) is 7.64. The summed E-state index contributed by atoms with van der Waals surface area (Å²) in [6, 6.07) is 3.65. The molecule has 2 aromatic heterocycles. The molecular formula is C15H22N4O2. The lowest BCUT2D eigenvalue weighted by Gasteiger charge is -2.28. The van der Waals surface area contributed by atoms with E-state index in [-0.39, 0.29) is 0 Å². The third-order valence-corrected chi connectivity index (χ3v) is 3.99. The van der Waals surface area contributed by atoms with Crippen LogP contribution in [0, 0.1) is 5.92 Å². The molecule has 6 heteroatoms. The summed E-state index contributed by atoms with van der Waals surface area (Å²) in [5.74, 6) is 2.58. The third-order valence-electron chi connectivity index (χ3n) is 3.99. The SMILES string of the molecule is CCN(Cc1nc(-c2ccco2)no1)CC1CCNCC1. The van der Waals surface area contributed by atoms with Gasteiger partial charge < -0.3 is 14.3 Å². The van der Waals surface area contributed by atoms with E-state index in [4.69, 9.17) is 8.94 Å². The predicted octanol–water partition coefficient (Wildman–Crippen LogP) is 2.15. The number of rotatable bonds is 6. The summed E-state index contributed by atoms with van der Waals surface area (Å²) in [6.45, 7) is 7.22. The average molecular weight is 290 g/mol. The summed E-state index contributed by atoms with van der Waals surface area (Å²) < 4.78 is 10.6. The topological polar surface area (TPSA) is 67.3 Å². The van der Waals surface area contributed by atoms with Gasteiger partial charge in [0.05, 0.1) is 12.8 Å². The van der Waals surface area contributed by atoms with E-state index in [0.717, 1.165) is 32.1 Å². The van der Waals surface area contributed by atoms with E-state index in [1.165, 1.54) is 12.8 Å². The van der Waals surface area contributed by atoms with Gasteiger partial charge in [0.15, 0.2) is 5.76 Å². The van der Waals surface area contributed by atoms with Gasteiger partial charge in [0.2, 0.25) is 11.7 Å². The highest BCUT2D eigenvalue weighted by atomic mass is 16.5. The summed E-state index contributed by atoms with van der Waals surface area (Å²) in [7, 11) is 0. The van der Waals surface area contributed by atoms with Crippen LogP contribution in [0.4, 0.5) is 0 Å². The van der Waals surface area contributed by atoms with Gasteiger partial charge in [0.25, 0.3) is 0 Å². The fourth-order valence-corrected chi connectivity index (χ4v) is 2.75. The van der Waals surface area contributed by atoms with E-state index < -0.39 is 0 Å². The second-order valence-corrected chi connectivity index (χ2v) is 5.51. The molecule has 114 valence electrons. The van der Waals surface area contributed by atoms with Gasteiger partial charge in [-0.05, 0) is 50.5 Å². The number of furan rings is 1. The van der Waals surface area contributed by atoms with Gasteiger partial charge in [0.1, 0.15) is 0 Å². The zero-order valence-corrected chi connectivity index (χ0v) is 12.4. The molecule has 0 spiro atoms. The normalized spacial score (nSPS) is 16.7. The van der Waals surface area contributed by atoms with Crippen LogP contribution < -0.4 is 5.32 Å². The predicted molar refractivity (Wildman–Crippen MR) is 78.5 cm³/mol. The van der Waals surface area contributed by atoms with Gasteiger partial charge in [-0.25, -0.2) is 0 Å². The molecule has 1 aliphatic heterocycles. The molecule has 3 rings (SSSR count). The Morgan fingerprint density at radius 2 is 2.24 bits per heavy atom. The minimum Gasteiger partial charge on any atom is -0.461 e. The first kappa shape index (κ1) is 14.3. The molecule has 2 aromatic rings. The van der Waals surface area contributed by atoms with Gasteiger partial charge in [-0.3, -0.25) is 4.90 Å². The summed E-state index contributed by atoms with van der Waals surface area (Å²) >= 11 is 0. The van der Waals surface area contributed by atoms with Crippen molar-refractivity contribution in [2.24, 2.45) is 5.92 Å². The summed E-state index contributed by atoms with van der Waals surface area (Å²) in [4.78, 5) is 6.78. The molecule has 1 saturated heterocycles. The fraction of sp³-hybridized carbons (Fsp3) is 0.600. The van der Waals surface area contributed by atoms with Crippen molar-refractivity contribution in [1.82, 2.24) is 20.4 Å². The molecule has 0 aliphatic carbocycles. The molecule has 0 bridgehead atoms. The molecular weight excluding hydrogens is 268 g/mol. The number of aromatic nitrogens is 2. The Labute approximate surface area is 124 Å². The summed E-state index contributed by atoms with van der Waals surface area (Å²) in [5, 5.41) is 7.38. The van der Waals surface area contributed by atoms with Crippen LogP contribution in [0.1, 0.15) is 25.7 Å². The van der Waals surface area contributed by atoms with Crippen LogP contribution in [0.15, 0.2) is 27.3 Å². The Balaban J connectivity index is 1.58. The first-order chi connectivity index (χ1) is 10.3. The highest BCUT2D eigenvalue weighted by molar-refractivity contribution is 5.44. The molecule has 21 heavy (non-hydrogen) atoms. The zero-order chi connectivity index (χ0) is 14.5. The molecule has 1 aliphatic rings. The highest BCUT2D eigenvalue weighted by Gasteiger charge is 2.18. The Bertz CT molecular complexity index is 532. The summed E-state index contributed by atoms with van der Waals surface area (Å²) in [5.41, 5.74) is 0. The van der Waals surface area contributed by atoms with Crippen LogP contribution in [0.5, 0.6) is 0 Å². The van der Waals surface area contributed by atoms with E-state index in [0.29, 0.717) is 24.0 Å². The smallest absolute Gasteiger partial charge is 0.241 e. The Morgan fingerprint density at radius 3 is 2.95 bits per heavy atom. The van der Waals surface area contributed by atoms with Crippen LogP contribution in [0.3, 0.4) is 0 Å².